The van der Waals surface area contributed by atoms with E-state index in [0.29, 0.717) is 38.8 Å². The first-order valence-corrected chi connectivity index (χ1v) is 14.5. The van der Waals surface area contributed by atoms with Crippen LogP contribution in [-0.2, 0) is 22.3 Å². The van der Waals surface area contributed by atoms with E-state index in [1.807, 2.05) is 4.90 Å². The van der Waals surface area contributed by atoms with Crippen LogP contribution < -0.4 is 5.32 Å². The lowest BCUT2D eigenvalue weighted by molar-refractivity contribution is -0.388. The van der Waals surface area contributed by atoms with Crippen molar-refractivity contribution in [2.45, 2.75) is 57.5 Å². The number of fused-ring (bicyclic) bond motifs is 1. The molecule has 0 bridgehead atoms. The molecule has 0 radical (unpaired) electrons. The maximum Gasteiger partial charge on any atom is 0.423 e. The molecule has 1 aromatic heterocycles. The van der Waals surface area contributed by atoms with Crippen LogP contribution in [0.3, 0.4) is 0 Å². The Labute approximate surface area is 239 Å². The topological polar surface area (TPSA) is 101 Å². The quantitative estimate of drug-likeness (QED) is 0.268. The maximum absolute atomic E-state index is 13.3. The number of hydrogen-bond acceptors (Lipinski definition) is 8. The number of aromatic nitrogens is 1. The molecular weight excluding hydrogens is 559 g/mol. The summed E-state index contributed by atoms with van der Waals surface area (Å²) in [5, 5.41) is 15.1. The predicted molar refractivity (Wildman–Crippen MR) is 150 cm³/mol. The van der Waals surface area contributed by atoms with Crippen molar-refractivity contribution in [1.82, 2.24) is 14.8 Å². The highest BCUT2D eigenvalue weighted by molar-refractivity contribution is 7.18. The summed E-state index contributed by atoms with van der Waals surface area (Å²) in [7, 11) is 0. The van der Waals surface area contributed by atoms with Crippen LogP contribution in [0.4, 0.5) is 24.5 Å². The summed E-state index contributed by atoms with van der Waals surface area (Å²) < 4.78 is 46.9. The molecule has 2 aromatic carbocycles. The second-order valence-electron chi connectivity index (χ2n) is 10.7. The summed E-state index contributed by atoms with van der Waals surface area (Å²) in [5.41, 5.74) is 0.186. The highest BCUT2D eigenvalue weighted by Gasteiger charge is 2.38. The van der Waals surface area contributed by atoms with E-state index in [1.165, 1.54) is 16.3 Å². The number of nitrogens with one attached hydrogen (secondary N) is 1. The van der Waals surface area contributed by atoms with Gasteiger partial charge in [0.05, 0.1) is 27.8 Å². The highest BCUT2D eigenvalue weighted by Crippen LogP contribution is 2.38. The zero-order valence-electron chi connectivity index (χ0n) is 22.7. The van der Waals surface area contributed by atoms with Gasteiger partial charge in [0.1, 0.15) is 17.2 Å². The van der Waals surface area contributed by atoms with Gasteiger partial charge in [-0.3, -0.25) is 19.8 Å². The van der Waals surface area contributed by atoms with Gasteiger partial charge in [0.2, 0.25) is 5.91 Å². The summed E-state index contributed by atoms with van der Waals surface area (Å²) in [6.07, 6.45) is -2.27. The number of carbonyl (C=O) groups is 1. The molecule has 2 heterocycles. The standard InChI is InChI=1S/C28H32F3N5O4S/c1-18-2-9-25-23(14-18)33-26(41-25)16-34-10-12-35(13-11-34)27(37)17-40-21-6-3-19(4-7-21)32-20-5-8-24(36(38)39)22(15-20)28(29,30)31/h2,5,8-9,14-15,19,21,32H,3-4,6-7,10-13,16-17H2,1H3. The van der Waals surface area contributed by atoms with Gasteiger partial charge in [0.25, 0.3) is 5.69 Å². The molecule has 1 saturated carbocycles. The number of amides is 1. The van der Waals surface area contributed by atoms with Crippen LogP contribution in [-0.4, -0.2) is 70.5 Å². The second kappa shape index (κ2) is 12.3. The van der Waals surface area contributed by atoms with E-state index in [4.69, 9.17) is 9.72 Å². The average molecular weight is 592 g/mol. The number of thiazole rings is 1. The first kappa shape index (κ1) is 29.2. The molecule has 2 aliphatic rings. The van der Waals surface area contributed by atoms with Gasteiger partial charge < -0.3 is 15.0 Å². The third-order valence-corrected chi connectivity index (χ3v) is 8.68. The third-order valence-electron chi connectivity index (χ3n) is 7.66. The first-order valence-electron chi connectivity index (χ1n) is 13.6. The second-order valence-corrected chi connectivity index (χ2v) is 11.8. The Morgan fingerprint density at radius 1 is 1.12 bits per heavy atom. The molecular formula is C28H32F3N5O4S. The number of ether oxygens (including phenoxy) is 1. The molecule has 3 aromatic rings. The zero-order chi connectivity index (χ0) is 29.1. The van der Waals surface area contributed by atoms with Crippen molar-refractivity contribution in [3.63, 3.8) is 0 Å². The van der Waals surface area contributed by atoms with Crippen molar-refractivity contribution >= 4 is 38.8 Å². The fraction of sp³-hybridized carbons (Fsp3) is 0.500. The number of carbonyl (C=O) groups excluding carboxylic acids is 1. The summed E-state index contributed by atoms with van der Waals surface area (Å²) in [6.45, 7) is 5.66. The van der Waals surface area contributed by atoms with Crippen LogP contribution in [0.2, 0.25) is 0 Å². The Balaban J connectivity index is 1.03. The number of halogens is 3. The normalized spacial score (nSPS) is 20.3. The number of anilines is 1. The minimum atomic E-state index is -4.82. The lowest BCUT2D eigenvalue weighted by Crippen LogP contribution is -2.49. The van der Waals surface area contributed by atoms with Crippen molar-refractivity contribution in [3.8, 4) is 0 Å². The van der Waals surface area contributed by atoms with Gasteiger partial charge in [-0.15, -0.1) is 11.3 Å². The van der Waals surface area contributed by atoms with Crippen LogP contribution in [0.5, 0.6) is 0 Å². The van der Waals surface area contributed by atoms with Gasteiger partial charge in [0.15, 0.2) is 0 Å². The van der Waals surface area contributed by atoms with Gasteiger partial charge >= 0.3 is 6.18 Å². The summed E-state index contributed by atoms with van der Waals surface area (Å²) in [5.74, 6) is -0.0362. The number of aryl methyl sites for hydroxylation is 1. The Hall–Kier alpha value is -3.29. The molecule has 1 amide bonds. The van der Waals surface area contributed by atoms with Gasteiger partial charge in [-0.1, -0.05) is 6.07 Å². The molecule has 2 fully saturated rings. The van der Waals surface area contributed by atoms with E-state index in [0.717, 1.165) is 42.3 Å². The Morgan fingerprint density at radius 2 is 1.85 bits per heavy atom. The van der Waals surface area contributed by atoms with Crippen LogP contribution >= 0.6 is 11.3 Å². The van der Waals surface area contributed by atoms with Crippen LogP contribution in [0.25, 0.3) is 10.2 Å². The number of benzene rings is 2. The predicted octanol–water partition coefficient (Wildman–Crippen LogP) is 5.62. The molecule has 9 nitrogen and oxygen atoms in total. The van der Waals surface area contributed by atoms with Crippen molar-refractivity contribution in [2.24, 2.45) is 0 Å². The van der Waals surface area contributed by atoms with Crippen LogP contribution in [0, 0.1) is 17.0 Å². The van der Waals surface area contributed by atoms with Crippen molar-refractivity contribution in [1.29, 1.82) is 0 Å². The molecule has 1 saturated heterocycles. The number of nitro groups is 1. The Morgan fingerprint density at radius 3 is 2.54 bits per heavy atom. The van der Waals surface area contributed by atoms with E-state index in [-0.39, 0.29) is 30.3 Å². The molecule has 1 aliphatic carbocycles. The number of rotatable bonds is 8. The average Bonchev–Trinajstić information content (AvgIpc) is 3.33. The molecule has 5 rings (SSSR count). The highest BCUT2D eigenvalue weighted by atomic mass is 32.1. The molecule has 0 spiro atoms. The molecule has 0 atom stereocenters. The smallest absolute Gasteiger partial charge is 0.382 e. The third kappa shape index (κ3) is 7.32. The van der Waals surface area contributed by atoms with Gasteiger partial charge in [0, 0.05) is 44.0 Å². The van der Waals surface area contributed by atoms with Crippen LogP contribution in [0.1, 0.15) is 41.8 Å². The SMILES string of the molecule is Cc1ccc2sc(CN3CCN(C(=O)COC4CCC(Nc5ccc([N+](=O)[O-])c(C(F)(F)F)c5)CC4)CC3)nc2c1. The van der Waals surface area contributed by atoms with Crippen molar-refractivity contribution in [3.05, 3.63) is 62.6 Å². The number of hydrogen-bond donors (Lipinski definition) is 1. The summed E-state index contributed by atoms with van der Waals surface area (Å²) in [4.78, 5) is 31.6. The molecule has 220 valence electrons. The maximum atomic E-state index is 13.3. The lowest BCUT2D eigenvalue weighted by atomic mass is 9.92. The lowest BCUT2D eigenvalue weighted by Gasteiger charge is -2.35. The Bertz CT molecular complexity index is 1400. The zero-order valence-corrected chi connectivity index (χ0v) is 23.5. The van der Waals surface area contributed by atoms with E-state index >= 15 is 0 Å². The molecule has 0 unspecified atom stereocenters. The molecule has 1 aliphatic heterocycles. The fourth-order valence-electron chi connectivity index (χ4n) is 5.40. The van der Waals surface area contributed by atoms with Crippen molar-refractivity contribution < 1.29 is 27.6 Å². The van der Waals surface area contributed by atoms with Gasteiger partial charge in [-0.2, -0.15) is 13.2 Å². The number of piperazine rings is 1. The van der Waals surface area contributed by atoms with Crippen molar-refractivity contribution in [2.75, 3.05) is 38.1 Å². The monoisotopic (exact) mass is 591 g/mol. The molecule has 41 heavy (non-hydrogen) atoms. The van der Waals surface area contributed by atoms with E-state index in [2.05, 4.69) is 35.3 Å². The number of nitro benzene ring substituents is 1. The minimum absolute atomic E-state index is 0.0112. The molecule has 13 heteroatoms. The number of alkyl halides is 3. The van der Waals surface area contributed by atoms with E-state index in [1.54, 1.807) is 11.3 Å². The van der Waals surface area contributed by atoms with Gasteiger partial charge in [-0.25, -0.2) is 4.98 Å². The Kier molecular flexibility index (Phi) is 8.76. The first-order chi connectivity index (χ1) is 19.5. The number of nitrogens with zero attached hydrogens (tertiary/aromatic N) is 4. The van der Waals surface area contributed by atoms with Gasteiger partial charge in [-0.05, 0) is 62.4 Å². The van der Waals surface area contributed by atoms with E-state index < -0.39 is 22.4 Å². The summed E-state index contributed by atoms with van der Waals surface area (Å²) in [6, 6.07) is 9.19. The minimum Gasteiger partial charge on any atom is -0.382 e. The fourth-order valence-corrected chi connectivity index (χ4v) is 6.39. The van der Waals surface area contributed by atoms with Crippen LogP contribution in [0.15, 0.2) is 36.4 Å². The largest absolute Gasteiger partial charge is 0.423 e. The van der Waals surface area contributed by atoms with E-state index in [9.17, 15) is 28.1 Å². The molecule has 1 N–H and O–H groups in total. The summed E-state index contributed by atoms with van der Waals surface area (Å²) >= 11 is 1.71.